The van der Waals surface area contributed by atoms with Crippen molar-refractivity contribution in [2.75, 3.05) is 6.54 Å². The van der Waals surface area contributed by atoms with Crippen molar-refractivity contribution in [1.82, 2.24) is 10.1 Å². The van der Waals surface area contributed by atoms with Crippen LogP contribution in [-0.2, 0) is 6.54 Å². The van der Waals surface area contributed by atoms with Crippen LogP contribution < -0.4 is 0 Å². The Morgan fingerprint density at radius 3 is 3.05 bits per heavy atom. The number of hydrogen-bond acceptors (Lipinski definition) is 3. The van der Waals surface area contributed by atoms with E-state index in [1.165, 1.54) is 12.0 Å². The Morgan fingerprint density at radius 1 is 1.42 bits per heavy atom. The number of nitrogens with zero attached hydrogens (tertiary/aromatic N) is 2. The van der Waals surface area contributed by atoms with E-state index in [2.05, 4.69) is 56.3 Å². The summed E-state index contributed by atoms with van der Waals surface area (Å²) >= 11 is 3.53. The molecule has 4 heteroatoms. The number of rotatable bonds is 3. The molecule has 2 heterocycles. The molecular weight excluding hydrogens is 304 g/mol. The van der Waals surface area contributed by atoms with Gasteiger partial charge in [0.05, 0.1) is 11.7 Å². The molecule has 0 amide bonds. The van der Waals surface area contributed by atoms with Crippen molar-refractivity contribution in [2.45, 2.75) is 32.4 Å². The van der Waals surface area contributed by atoms with Gasteiger partial charge in [-0.3, -0.25) is 4.90 Å². The Labute approximate surface area is 121 Å². The molecule has 1 aliphatic heterocycles. The highest BCUT2D eigenvalue weighted by Gasteiger charge is 2.28. The fraction of sp³-hybridized carbons (Fsp3) is 0.400. The summed E-state index contributed by atoms with van der Waals surface area (Å²) in [6.45, 7) is 4.06. The van der Waals surface area contributed by atoms with Gasteiger partial charge in [0.2, 0.25) is 0 Å². The van der Waals surface area contributed by atoms with E-state index in [9.17, 15) is 0 Å². The van der Waals surface area contributed by atoms with Gasteiger partial charge < -0.3 is 4.52 Å². The maximum atomic E-state index is 5.44. The normalized spacial score (nSPS) is 20.0. The molecule has 0 radical (unpaired) electrons. The first-order chi connectivity index (χ1) is 9.22. The standard InChI is InChI=1S/C15H17BrN2O/c1-11-8-15(19-17-11)14-6-3-7-18(14)10-12-4-2-5-13(16)9-12/h2,4-5,8-9,14H,3,6-7,10H2,1H3/t14-/m0/s1. The molecule has 1 aliphatic rings. The van der Waals surface area contributed by atoms with E-state index in [-0.39, 0.29) is 0 Å². The zero-order chi connectivity index (χ0) is 13.2. The molecule has 2 aromatic rings. The maximum absolute atomic E-state index is 5.44. The van der Waals surface area contributed by atoms with E-state index >= 15 is 0 Å². The minimum Gasteiger partial charge on any atom is -0.359 e. The number of hydrogen-bond donors (Lipinski definition) is 0. The van der Waals surface area contributed by atoms with Crippen LogP contribution in [0.4, 0.5) is 0 Å². The van der Waals surface area contributed by atoms with Gasteiger partial charge in [0.1, 0.15) is 0 Å². The smallest absolute Gasteiger partial charge is 0.154 e. The van der Waals surface area contributed by atoms with Crippen molar-refractivity contribution >= 4 is 15.9 Å². The molecule has 3 nitrogen and oxygen atoms in total. The summed E-state index contributed by atoms with van der Waals surface area (Å²) in [4.78, 5) is 2.47. The van der Waals surface area contributed by atoms with Gasteiger partial charge in [0.25, 0.3) is 0 Å². The summed E-state index contributed by atoms with van der Waals surface area (Å²) < 4.78 is 6.57. The number of aryl methyl sites for hydroxylation is 1. The number of halogens is 1. The lowest BCUT2D eigenvalue weighted by Crippen LogP contribution is -2.22. The van der Waals surface area contributed by atoms with E-state index in [0.717, 1.165) is 35.4 Å². The van der Waals surface area contributed by atoms with Crippen LogP contribution in [-0.4, -0.2) is 16.6 Å². The molecule has 1 saturated heterocycles. The maximum Gasteiger partial charge on any atom is 0.154 e. The highest BCUT2D eigenvalue weighted by atomic mass is 79.9. The summed E-state index contributed by atoms with van der Waals surface area (Å²) in [7, 11) is 0. The third kappa shape index (κ3) is 2.90. The molecule has 100 valence electrons. The lowest BCUT2D eigenvalue weighted by atomic mass is 10.1. The molecule has 0 spiro atoms. The Kier molecular flexibility index (Phi) is 3.71. The van der Waals surface area contributed by atoms with Gasteiger partial charge in [0, 0.05) is 17.1 Å². The third-order valence-electron chi connectivity index (χ3n) is 3.61. The average molecular weight is 321 g/mol. The van der Waals surface area contributed by atoms with Crippen LogP contribution in [0.5, 0.6) is 0 Å². The lowest BCUT2D eigenvalue weighted by Gasteiger charge is -2.22. The Bertz CT molecular complexity index is 567. The van der Waals surface area contributed by atoms with Gasteiger partial charge in [-0.05, 0) is 44.0 Å². The number of benzene rings is 1. The summed E-state index contributed by atoms with van der Waals surface area (Å²) in [5, 5.41) is 4.01. The molecular formula is C15H17BrN2O. The van der Waals surface area contributed by atoms with Crippen LogP contribution in [0, 0.1) is 6.92 Å². The largest absolute Gasteiger partial charge is 0.359 e. The molecule has 0 bridgehead atoms. The van der Waals surface area contributed by atoms with Gasteiger partial charge in [-0.25, -0.2) is 0 Å². The fourth-order valence-electron chi connectivity index (χ4n) is 2.75. The van der Waals surface area contributed by atoms with Crippen molar-refractivity contribution in [3.63, 3.8) is 0 Å². The second-order valence-corrected chi connectivity index (χ2v) is 6.04. The first-order valence-electron chi connectivity index (χ1n) is 6.64. The van der Waals surface area contributed by atoms with Crippen LogP contribution in [0.3, 0.4) is 0 Å². The predicted molar refractivity (Wildman–Crippen MR) is 77.8 cm³/mol. The monoisotopic (exact) mass is 320 g/mol. The summed E-state index contributed by atoms with van der Waals surface area (Å²) in [6, 6.07) is 10.9. The highest BCUT2D eigenvalue weighted by molar-refractivity contribution is 9.10. The topological polar surface area (TPSA) is 29.3 Å². The highest BCUT2D eigenvalue weighted by Crippen LogP contribution is 2.33. The second-order valence-electron chi connectivity index (χ2n) is 5.13. The summed E-state index contributed by atoms with van der Waals surface area (Å²) in [5.41, 5.74) is 2.29. The molecule has 3 rings (SSSR count). The molecule has 1 aromatic carbocycles. The number of aromatic nitrogens is 1. The minimum atomic E-state index is 0.375. The van der Waals surface area contributed by atoms with Gasteiger partial charge >= 0.3 is 0 Å². The molecule has 1 atom stereocenters. The second kappa shape index (κ2) is 5.47. The summed E-state index contributed by atoms with van der Waals surface area (Å²) in [6.07, 6.45) is 2.38. The molecule has 0 unspecified atom stereocenters. The third-order valence-corrected chi connectivity index (χ3v) is 4.11. The van der Waals surface area contributed by atoms with E-state index in [1.54, 1.807) is 0 Å². The van der Waals surface area contributed by atoms with Crippen molar-refractivity contribution in [1.29, 1.82) is 0 Å². The molecule has 19 heavy (non-hydrogen) atoms. The molecule has 1 fully saturated rings. The number of likely N-dealkylation sites (tertiary alicyclic amines) is 1. The van der Waals surface area contributed by atoms with Crippen molar-refractivity contribution < 1.29 is 4.52 Å². The van der Waals surface area contributed by atoms with Crippen molar-refractivity contribution in [3.05, 3.63) is 51.8 Å². The van der Waals surface area contributed by atoms with Gasteiger partial charge in [-0.2, -0.15) is 0 Å². The summed E-state index contributed by atoms with van der Waals surface area (Å²) in [5.74, 6) is 1.00. The van der Waals surface area contributed by atoms with Crippen LogP contribution in [0.15, 0.2) is 39.3 Å². The SMILES string of the molecule is Cc1cc([C@@H]2CCCN2Cc2cccc(Br)c2)on1. The Balaban J connectivity index is 1.76. The van der Waals surface area contributed by atoms with E-state index in [4.69, 9.17) is 4.52 Å². The first-order valence-corrected chi connectivity index (χ1v) is 7.43. The Hall–Kier alpha value is -1.13. The van der Waals surface area contributed by atoms with E-state index in [0.29, 0.717) is 6.04 Å². The quantitative estimate of drug-likeness (QED) is 0.853. The molecule has 0 aliphatic carbocycles. The Morgan fingerprint density at radius 2 is 2.32 bits per heavy atom. The van der Waals surface area contributed by atoms with Crippen LogP contribution in [0.25, 0.3) is 0 Å². The van der Waals surface area contributed by atoms with Gasteiger partial charge in [-0.15, -0.1) is 0 Å². The van der Waals surface area contributed by atoms with Crippen molar-refractivity contribution in [2.24, 2.45) is 0 Å². The predicted octanol–water partition coefficient (Wildman–Crippen LogP) is 4.08. The lowest BCUT2D eigenvalue weighted by molar-refractivity contribution is 0.206. The fourth-order valence-corrected chi connectivity index (χ4v) is 3.19. The van der Waals surface area contributed by atoms with E-state index in [1.807, 2.05) is 6.92 Å². The van der Waals surface area contributed by atoms with Crippen LogP contribution >= 0.6 is 15.9 Å². The zero-order valence-electron chi connectivity index (χ0n) is 11.0. The minimum absolute atomic E-state index is 0.375. The van der Waals surface area contributed by atoms with Crippen LogP contribution in [0.1, 0.15) is 35.9 Å². The van der Waals surface area contributed by atoms with Crippen LogP contribution in [0.2, 0.25) is 0 Å². The van der Waals surface area contributed by atoms with Crippen molar-refractivity contribution in [3.8, 4) is 0 Å². The van der Waals surface area contributed by atoms with Gasteiger partial charge in [0.15, 0.2) is 5.76 Å². The average Bonchev–Trinajstić information content (AvgIpc) is 2.98. The van der Waals surface area contributed by atoms with Gasteiger partial charge in [-0.1, -0.05) is 33.2 Å². The molecule has 1 aromatic heterocycles. The zero-order valence-corrected chi connectivity index (χ0v) is 12.6. The first kappa shape index (κ1) is 12.9. The molecule has 0 N–H and O–H groups in total. The van der Waals surface area contributed by atoms with E-state index < -0.39 is 0 Å². The molecule has 0 saturated carbocycles.